The van der Waals surface area contributed by atoms with Crippen molar-refractivity contribution in [1.29, 1.82) is 0 Å². The van der Waals surface area contributed by atoms with Gasteiger partial charge in [0.15, 0.2) is 0 Å². The Balaban J connectivity index is 1.57. The molecule has 0 atom stereocenters. The molecular formula is C24H20F3N3O6S. The van der Waals surface area contributed by atoms with E-state index in [0.717, 1.165) is 30.2 Å². The molecule has 3 amide bonds. The van der Waals surface area contributed by atoms with Crippen LogP contribution >= 0.6 is 11.8 Å². The van der Waals surface area contributed by atoms with E-state index in [1.54, 1.807) is 11.0 Å². The van der Waals surface area contributed by atoms with Crippen LogP contribution in [0.5, 0.6) is 11.5 Å². The van der Waals surface area contributed by atoms with Crippen molar-refractivity contribution in [3.63, 3.8) is 0 Å². The first-order valence-corrected chi connectivity index (χ1v) is 12.0. The lowest BCUT2D eigenvalue weighted by molar-refractivity contribution is -0.385. The molecule has 0 spiro atoms. The first-order chi connectivity index (χ1) is 17.5. The first kappa shape index (κ1) is 26.2. The average molecular weight is 536 g/mol. The molecule has 0 N–H and O–H groups in total. The van der Waals surface area contributed by atoms with E-state index < -0.39 is 39.2 Å². The van der Waals surface area contributed by atoms with Crippen molar-refractivity contribution < 1.29 is 37.2 Å². The summed E-state index contributed by atoms with van der Waals surface area (Å²) >= 11 is 0.632. The highest BCUT2D eigenvalue weighted by Crippen LogP contribution is 2.40. The number of para-hydroxylation sites is 1. The van der Waals surface area contributed by atoms with E-state index in [9.17, 15) is 37.7 Å². The molecular weight excluding hydrogens is 515 g/mol. The van der Waals surface area contributed by atoms with Gasteiger partial charge in [0.1, 0.15) is 12.3 Å². The van der Waals surface area contributed by atoms with Crippen LogP contribution in [0.4, 0.5) is 23.7 Å². The Bertz CT molecular complexity index is 1290. The fourth-order valence-electron chi connectivity index (χ4n) is 3.89. The summed E-state index contributed by atoms with van der Waals surface area (Å²) in [5, 5.41) is 10.8. The van der Waals surface area contributed by atoms with Crippen molar-refractivity contribution in [1.82, 2.24) is 9.80 Å². The van der Waals surface area contributed by atoms with Gasteiger partial charge < -0.3 is 9.64 Å². The molecule has 2 aromatic carbocycles. The zero-order valence-corrected chi connectivity index (χ0v) is 20.0. The summed E-state index contributed by atoms with van der Waals surface area (Å²) in [5.74, 6) is -1.40. The van der Waals surface area contributed by atoms with Crippen LogP contribution in [0.15, 0.2) is 47.4 Å². The minimum absolute atomic E-state index is 0.00872. The Labute approximate surface area is 213 Å². The Morgan fingerprint density at radius 1 is 1.08 bits per heavy atom. The van der Waals surface area contributed by atoms with Gasteiger partial charge >= 0.3 is 11.9 Å². The van der Waals surface area contributed by atoms with Gasteiger partial charge in [0.05, 0.1) is 15.4 Å². The van der Waals surface area contributed by atoms with Crippen molar-refractivity contribution in [2.75, 3.05) is 19.6 Å². The van der Waals surface area contributed by atoms with Gasteiger partial charge in [0, 0.05) is 24.7 Å². The van der Waals surface area contributed by atoms with E-state index in [1.165, 1.54) is 24.3 Å². The number of nitro benzene ring substituents is 1. The highest BCUT2D eigenvalue weighted by Gasteiger charge is 2.37. The molecule has 0 radical (unpaired) electrons. The average Bonchev–Trinajstić information content (AvgIpc) is 3.12. The Morgan fingerprint density at radius 3 is 2.46 bits per heavy atom. The normalized spacial score (nSPS) is 17.4. The number of piperidine rings is 1. The van der Waals surface area contributed by atoms with Crippen molar-refractivity contribution in [3.05, 3.63) is 68.6 Å². The number of likely N-dealkylation sites (tertiary alicyclic amines) is 1. The monoisotopic (exact) mass is 535 g/mol. The van der Waals surface area contributed by atoms with Crippen LogP contribution in [0, 0.1) is 10.1 Å². The molecule has 0 unspecified atom stereocenters. The second kappa shape index (κ2) is 10.6. The van der Waals surface area contributed by atoms with Crippen LogP contribution < -0.4 is 4.74 Å². The quantitative estimate of drug-likeness (QED) is 0.275. The lowest BCUT2D eigenvalue weighted by atomic mass is 10.1. The number of nitro groups is 1. The molecule has 37 heavy (non-hydrogen) atoms. The molecule has 2 aromatic rings. The molecule has 194 valence electrons. The molecule has 0 aliphatic carbocycles. The maximum atomic E-state index is 13.0. The number of benzene rings is 2. The van der Waals surface area contributed by atoms with Gasteiger partial charge in [-0.15, -0.1) is 0 Å². The summed E-state index contributed by atoms with van der Waals surface area (Å²) in [6.07, 6.45) is -0.699. The van der Waals surface area contributed by atoms with Crippen molar-refractivity contribution >= 4 is 40.6 Å². The fourth-order valence-corrected chi connectivity index (χ4v) is 4.72. The van der Waals surface area contributed by atoms with E-state index >= 15 is 0 Å². The predicted molar refractivity (Wildman–Crippen MR) is 128 cm³/mol. The van der Waals surface area contributed by atoms with E-state index in [4.69, 9.17) is 4.74 Å². The Hall–Kier alpha value is -3.87. The van der Waals surface area contributed by atoms with E-state index in [2.05, 4.69) is 0 Å². The summed E-state index contributed by atoms with van der Waals surface area (Å²) in [6, 6.07) is 7.93. The second-order valence-electron chi connectivity index (χ2n) is 8.29. The molecule has 2 heterocycles. The van der Waals surface area contributed by atoms with Gasteiger partial charge in [-0.3, -0.25) is 29.4 Å². The standard InChI is InChI=1S/C24H20F3N3O6S/c25-24(26,27)16-8-9-19(17(13-16)30(34)35)36-18-7-3-2-6-15(18)12-20-22(32)29(23(33)37-20)14-21(31)28-10-4-1-5-11-28/h2-3,6-9,12-13H,1,4-5,10-11,14H2/b20-12-. The van der Waals surface area contributed by atoms with Crippen molar-refractivity contribution in [2.24, 2.45) is 0 Å². The number of halogens is 3. The van der Waals surface area contributed by atoms with Gasteiger partial charge in [-0.2, -0.15) is 13.2 Å². The third-order valence-corrected chi connectivity index (χ3v) is 6.69. The highest BCUT2D eigenvalue weighted by atomic mass is 32.2. The van der Waals surface area contributed by atoms with Gasteiger partial charge in [0.25, 0.3) is 11.1 Å². The lowest BCUT2D eigenvalue weighted by Crippen LogP contribution is -2.44. The number of nitrogens with zero attached hydrogens (tertiary/aromatic N) is 3. The molecule has 0 bridgehead atoms. The van der Waals surface area contributed by atoms with Gasteiger partial charge in [-0.25, -0.2) is 0 Å². The van der Waals surface area contributed by atoms with Crippen LogP contribution in [-0.2, 0) is 15.8 Å². The van der Waals surface area contributed by atoms with Crippen LogP contribution in [0.2, 0.25) is 0 Å². The number of carbonyl (C=O) groups excluding carboxylic acids is 3. The van der Waals surface area contributed by atoms with Crippen LogP contribution in [0.1, 0.15) is 30.4 Å². The molecule has 0 aromatic heterocycles. The summed E-state index contributed by atoms with van der Waals surface area (Å²) in [6.45, 7) is 0.773. The lowest BCUT2D eigenvalue weighted by Gasteiger charge is -2.27. The number of carbonyl (C=O) groups is 3. The Kier molecular flexibility index (Phi) is 7.52. The van der Waals surface area contributed by atoms with Gasteiger partial charge in [-0.1, -0.05) is 18.2 Å². The Morgan fingerprint density at radius 2 is 1.78 bits per heavy atom. The summed E-state index contributed by atoms with van der Waals surface area (Å²) < 4.78 is 44.6. The number of hydrogen-bond acceptors (Lipinski definition) is 7. The van der Waals surface area contributed by atoms with Gasteiger partial charge in [0.2, 0.25) is 11.7 Å². The molecule has 13 heteroatoms. The second-order valence-corrected chi connectivity index (χ2v) is 9.28. The molecule has 9 nitrogen and oxygen atoms in total. The smallest absolute Gasteiger partial charge is 0.416 e. The first-order valence-electron chi connectivity index (χ1n) is 11.2. The maximum Gasteiger partial charge on any atom is 0.416 e. The van der Waals surface area contributed by atoms with E-state index in [-0.39, 0.29) is 28.7 Å². The van der Waals surface area contributed by atoms with Gasteiger partial charge in [-0.05, 0) is 55.3 Å². The number of hydrogen-bond donors (Lipinski definition) is 0. The molecule has 2 aliphatic rings. The SMILES string of the molecule is O=C(CN1C(=O)S/C(=C\c2ccccc2Oc2ccc(C(F)(F)F)cc2[N+](=O)[O-])C1=O)N1CCCCC1. The zero-order chi connectivity index (χ0) is 26.7. The molecule has 2 aliphatic heterocycles. The summed E-state index contributed by atoms with van der Waals surface area (Å²) in [4.78, 5) is 50.8. The minimum atomic E-state index is -4.78. The number of ether oxygens (including phenoxy) is 1. The fraction of sp³-hybridized carbons (Fsp3) is 0.292. The van der Waals surface area contributed by atoms with E-state index in [0.29, 0.717) is 37.0 Å². The van der Waals surface area contributed by atoms with Crippen molar-refractivity contribution in [2.45, 2.75) is 25.4 Å². The third-order valence-electron chi connectivity index (χ3n) is 5.78. The summed E-state index contributed by atoms with van der Waals surface area (Å²) in [7, 11) is 0. The highest BCUT2D eigenvalue weighted by molar-refractivity contribution is 8.18. The van der Waals surface area contributed by atoms with Crippen LogP contribution in [0.3, 0.4) is 0 Å². The molecule has 0 saturated carbocycles. The summed E-state index contributed by atoms with van der Waals surface area (Å²) in [5.41, 5.74) is -1.83. The van der Waals surface area contributed by atoms with Crippen LogP contribution in [-0.4, -0.2) is 51.4 Å². The van der Waals surface area contributed by atoms with E-state index in [1.807, 2.05) is 0 Å². The number of alkyl halides is 3. The number of amides is 3. The minimum Gasteiger partial charge on any atom is -0.449 e. The molecule has 2 fully saturated rings. The van der Waals surface area contributed by atoms with Crippen LogP contribution in [0.25, 0.3) is 6.08 Å². The number of rotatable bonds is 6. The predicted octanol–water partition coefficient (Wildman–Crippen LogP) is 5.45. The third kappa shape index (κ3) is 5.93. The maximum absolute atomic E-state index is 13.0. The largest absolute Gasteiger partial charge is 0.449 e. The van der Waals surface area contributed by atoms with Crippen molar-refractivity contribution in [3.8, 4) is 11.5 Å². The number of imide groups is 1. The number of thioether (sulfide) groups is 1. The molecule has 4 rings (SSSR count). The molecule has 2 saturated heterocycles. The topological polar surface area (TPSA) is 110 Å². The zero-order valence-electron chi connectivity index (χ0n) is 19.2.